The Morgan fingerprint density at radius 2 is 2.50 bits per heavy atom. The van der Waals surface area contributed by atoms with E-state index in [4.69, 9.17) is 4.42 Å². The smallest absolute Gasteiger partial charge is 0.374 e. The topological polar surface area (TPSA) is 62.9 Å². The van der Waals surface area contributed by atoms with E-state index >= 15 is 0 Å². The lowest BCUT2D eigenvalue weighted by Gasteiger charge is -2.16. The fourth-order valence-electron chi connectivity index (χ4n) is 2.37. The molecule has 0 radical (unpaired) electrons. The normalized spacial score (nSPS) is 22.1. The largest absolute Gasteiger partial charge is 0.463 e. The molecular formula is C13H19NO4. The fourth-order valence-corrected chi connectivity index (χ4v) is 2.37. The summed E-state index contributed by atoms with van der Waals surface area (Å²) in [5, 5.41) is 9.56. The Balaban J connectivity index is 1.99. The highest BCUT2D eigenvalue weighted by molar-refractivity contribution is 5.87. The third-order valence-electron chi connectivity index (χ3n) is 3.50. The number of likely N-dealkylation sites (tertiary alicyclic amines) is 1. The van der Waals surface area contributed by atoms with Crippen LogP contribution in [0, 0.1) is 5.92 Å². The molecule has 1 aliphatic rings. The Bertz CT molecular complexity index is 413. The number of furan rings is 1. The molecule has 1 aromatic rings. The van der Waals surface area contributed by atoms with Gasteiger partial charge in [-0.2, -0.15) is 0 Å². The lowest BCUT2D eigenvalue weighted by atomic mass is 10.0. The van der Waals surface area contributed by atoms with Gasteiger partial charge in [-0.3, -0.25) is 4.90 Å². The van der Waals surface area contributed by atoms with Gasteiger partial charge < -0.3 is 14.3 Å². The number of hydrogen-bond acceptors (Lipinski definition) is 5. The van der Waals surface area contributed by atoms with Gasteiger partial charge in [-0.15, -0.1) is 0 Å². The van der Waals surface area contributed by atoms with Crippen LogP contribution in [0.3, 0.4) is 0 Å². The highest BCUT2D eigenvalue weighted by Gasteiger charge is 2.27. The number of carbonyl (C=O) groups is 1. The highest BCUT2D eigenvalue weighted by Crippen LogP contribution is 2.23. The molecule has 1 aliphatic heterocycles. The van der Waals surface area contributed by atoms with Gasteiger partial charge in [0.15, 0.2) is 0 Å². The number of ether oxygens (including phenoxy) is 1. The minimum Gasteiger partial charge on any atom is -0.463 e. The Morgan fingerprint density at radius 1 is 1.72 bits per heavy atom. The van der Waals surface area contributed by atoms with Crippen molar-refractivity contribution in [1.29, 1.82) is 0 Å². The molecule has 0 bridgehead atoms. The number of aliphatic hydroxyl groups is 1. The predicted octanol–water partition coefficient (Wildman–Crippen LogP) is 1.27. The van der Waals surface area contributed by atoms with Crippen LogP contribution in [0.2, 0.25) is 0 Å². The van der Waals surface area contributed by atoms with Crippen LogP contribution in [0.5, 0.6) is 0 Å². The molecule has 0 saturated carbocycles. The molecule has 0 aromatic carbocycles. The van der Waals surface area contributed by atoms with Crippen molar-refractivity contribution in [1.82, 2.24) is 4.90 Å². The lowest BCUT2D eigenvalue weighted by Crippen LogP contribution is -2.24. The van der Waals surface area contributed by atoms with Gasteiger partial charge in [0.1, 0.15) is 0 Å². The summed E-state index contributed by atoms with van der Waals surface area (Å²) in [6.07, 6.45) is 2.21. The molecule has 0 amide bonds. The van der Waals surface area contributed by atoms with Gasteiger partial charge in [-0.25, -0.2) is 4.79 Å². The Morgan fingerprint density at radius 3 is 3.11 bits per heavy atom. The molecule has 5 nitrogen and oxygen atoms in total. The molecule has 1 saturated heterocycles. The van der Waals surface area contributed by atoms with Gasteiger partial charge in [0.2, 0.25) is 5.76 Å². The molecule has 5 heteroatoms. The first-order chi connectivity index (χ1) is 8.61. The van der Waals surface area contributed by atoms with E-state index in [-0.39, 0.29) is 11.9 Å². The first kappa shape index (κ1) is 13.1. The summed E-state index contributed by atoms with van der Waals surface area (Å²) in [6, 6.07) is 1.79. The number of methoxy groups -OCH3 is 1. The lowest BCUT2D eigenvalue weighted by molar-refractivity contribution is 0.0561. The minimum absolute atomic E-state index is 0.276. The van der Waals surface area contributed by atoms with Crippen LogP contribution in [-0.2, 0) is 11.3 Å². The number of nitrogens with zero attached hydrogens (tertiary/aromatic N) is 1. The highest BCUT2D eigenvalue weighted by atomic mass is 16.5. The number of aliphatic hydroxyl groups excluding tert-OH is 1. The van der Waals surface area contributed by atoms with E-state index in [1.54, 1.807) is 6.07 Å². The molecule has 1 aromatic heterocycles. The molecule has 2 atom stereocenters. The van der Waals surface area contributed by atoms with Crippen molar-refractivity contribution in [3.05, 3.63) is 23.7 Å². The summed E-state index contributed by atoms with van der Waals surface area (Å²) in [6.45, 7) is 4.26. The van der Waals surface area contributed by atoms with Crippen LogP contribution in [-0.4, -0.2) is 42.3 Å². The maximum absolute atomic E-state index is 11.5. The van der Waals surface area contributed by atoms with E-state index in [0.29, 0.717) is 12.5 Å². The zero-order chi connectivity index (χ0) is 13.1. The van der Waals surface area contributed by atoms with Gasteiger partial charge >= 0.3 is 5.97 Å². The Labute approximate surface area is 106 Å². The molecule has 2 heterocycles. The molecule has 0 aliphatic carbocycles. The Kier molecular flexibility index (Phi) is 4.04. The zero-order valence-corrected chi connectivity index (χ0v) is 10.8. The van der Waals surface area contributed by atoms with Crippen LogP contribution in [0.4, 0.5) is 0 Å². The second-order valence-electron chi connectivity index (χ2n) is 4.79. The van der Waals surface area contributed by atoms with Crippen molar-refractivity contribution < 1.29 is 19.1 Å². The van der Waals surface area contributed by atoms with Crippen molar-refractivity contribution in [2.24, 2.45) is 5.92 Å². The summed E-state index contributed by atoms with van der Waals surface area (Å²) in [5.41, 5.74) is 0.841. The first-order valence-electron chi connectivity index (χ1n) is 6.17. The van der Waals surface area contributed by atoms with Crippen LogP contribution >= 0.6 is 0 Å². The molecule has 18 heavy (non-hydrogen) atoms. The van der Waals surface area contributed by atoms with Crippen molar-refractivity contribution >= 4 is 5.97 Å². The van der Waals surface area contributed by atoms with Gasteiger partial charge in [-0.05, 0) is 31.9 Å². The second-order valence-corrected chi connectivity index (χ2v) is 4.79. The van der Waals surface area contributed by atoms with E-state index in [2.05, 4.69) is 9.64 Å². The van der Waals surface area contributed by atoms with Gasteiger partial charge in [0.25, 0.3) is 0 Å². The van der Waals surface area contributed by atoms with Crippen molar-refractivity contribution in [2.75, 3.05) is 20.2 Å². The van der Waals surface area contributed by atoms with Gasteiger partial charge in [0.05, 0.1) is 19.5 Å². The maximum Gasteiger partial charge on any atom is 0.374 e. The third kappa shape index (κ3) is 2.73. The molecule has 0 spiro atoms. The molecule has 2 rings (SSSR count). The van der Waals surface area contributed by atoms with Crippen molar-refractivity contribution in [2.45, 2.75) is 26.0 Å². The molecule has 100 valence electrons. The van der Waals surface area contributed by atoms with E-state index < -0.39 is 5.97 Å². The van der Waals surface area contributed by atoms with Crippen LogP contribution in [0.15, 0.2) is 16.7 Å². The fraction of sp³-hybridized carbons (Fsp3) is 0.615. The number of carbonyl (C=O) groups excluding carboxylic acids is 1. The van der Waals surface area contributed by atoms with Gasteiger partial charge in [0, 0.05) is 18.7 Å². The van der Waals surface area contributed by atoms with Gasteiger partial charge in [-0.1, -0.05) is 0 Å². The monoisotopic (exact) mass is 253 g/mol. The van der Waals surface area contributed by atoms with Crippen LogP contribution < -0.4 is 0 Å². The Hall–Kier alpha value is -1.33. The molecule has 2 unspecified atom stereocenters. The van der Waals surface area contributed by atoms with Crippen LogP contribution in [0.25, 0.3) is 0 Å². The average Bonchev–Trinajstić information content (AvgIpc) is 2.97. The number of rotatable bonds is 4. The van der Waals surface area contributed by atoms with E-state index in [1.807, 2.05) is 6.92 Å². The second kappa shape index (κ2) is 5.54. The van der Waals surface area contributed by atoms with Crippen molar-refractivity contribution in [3.63, 3.8) is 0 Å². The van der Waals surface area contributed by atoms with E-state index in [0.717, 1.165) is 25.1 Å². The molecule has 1 fully saturated rings. The summed E-state index contributed by atoms with van der Waals surface area (Å²) in [7, 11) is 1.34. The zero-order valence-electron chi connectivity index (χ0n) is 10.8. The van der Waals surface area contributed by atoms with E-state index in [9.17, 15) is 9.90 Å². The number of hydrogen-bond donors (Lipinski definition) is 1. The van der Waals surface area contributed by atoms with E-state index in [1.165, 1.54) is 13.4 Å². The summed E-state index contributed by atoms with van der Waals surface area (Å²) in [4.78, 5) is 13.7. The summed E-state index contributed by atoms with van der Waals surface area (Å²) >= 11 is 0. The summed E-state index contributed by atoms with van der Waals surface area (Å²) < 4.78 is 9.82. The average molecular weight is 253 g/mol. The summed E-state index contributed by atoms with van der Waals surface area (Å²) in [5.74, 6) is 0.151. The minimum atomic E-state index is -0.443. The molecule has 1 N–H and O–H groups in total. The third-order valence-corrected chi connectivity index (χ3v) is 3.50. The van der Waals surface area contributed by atoms with Crippen LogP contribution in [0.1, 0.15) is 29.5 Å². The SMILES string of the molecule is COC(=O)c1occc1CN1CCC(C(C)O)C1. The maximum atomic E-state index is 11.5. The predicted molar refractivity (Wildman–Crippen MR) is 65.1 cm³/mol. The number of esters is 1. The quantitative estimate of drug-likeness (QED) is 0.819. The molecular weight excluding hydrogens is 234 g/mol. The first-order valence-corrected chi connectivity index (χ1v) is 6.17. The van der Waals surface area contributed by atoms with Crippen molar-refractivity contribution in [3.8, 4) is 0 Å². The standard InChI is InChI=1S/C13H19NO4/c1-9(15)10-3-5-14(7-10)8-11-4-6-18-12(11)13(16)17-2/h4,6,9-10,15H,3,5,7-8H2,1-2H3.